The molecule has 0 aliphatic rings. The van der Waals surface area contributed by atoms with Crippen LogP contribution in [-0.2, 0) is 0 Å². The Morgan fingerprint density at radius 3 is 2.32 bits per heavy atom. The number of aliphatic hydroxyl groups is 1. The zero-order valence-corrected chi connectivity index (χ0v) is 14.4. The van der Waals surface area contributed by atoms with Gasteiger partial charge in [-0.15, -0.1) is 0 Å². The third-order valence-electron chi connectivity index (χ3n) is 4.47. The van der Waals surface area contributed by atoms with Crippen molar-refractivity contribution in [3.63, 3.8) is 0 Å². The average Bonchev–Trinajstić information content (AvgIpc) is 3.08. The molecular formula is C20H20N2O3. The highest BCUT2D eigenvalue weighted by Gasteiger charge is 2.20. The van der Waals surface area contributed by atoms with E-state index in [0.29, 0.717) is 0 Å². The van der Waals surface area contributed by atoms with Gasteiger partial charge in [0.1, 0.15) is 6.10 Å². The molecule has 2 aromatic carbocycles. The summed E-state index contributed by atoms with van der Waals surface area (Å²) in [5, 5.41) is 20.2. The third-order valence-corrected chi connectivity index (χ3v) is 4.47. The molecule has 25 heavy (non-hydrogen) atoms. The topological polar surface area (TPSA) is 75.3 Å². The summed E-state index contributed by atoms with van der Waals surface area (Å²) in [5.74, 6) is -0.967. The van der Waals surface area contributed by atoms with Crippen LogP contribution >= 0.6 is 0 Å². The molecule has 0 amide bonds. The second kappa shape index (κ2) is 6.53. The number of carboxylic acid groups (broad SMARTS) is 1. The second-order valence-corrected chi connectivity index (χ2v) is 6.24. The van der Waals surface area contributed by atoms with Crippen molar-refractivity contribution in [1.82, 2.24) is 9.55 Å². The Kier molecular flexibility index (Phi) is 4.42. The first-order valence-corrected chi connectivity index (χ1v) is 8.00. The molecule has 0 unspecified atom stereocenters. The van der Waals surface area contributed by atoms with Crippen LogP contribution in [0.1, 0.15) is 44.3 Å². The minimum absolute atomic E-state index is 0.231. The number of aromatic nitrogens is 2. The van der Waals surface area contributed by atoms with Gasteiger partial charge in [-0.25, -0.2) is 9.78 Å². The van der Waals surface area contributed by atoms with Crippen molar-refractivity contribution in [3.8, 4) is 5.69 Å². The van der Waals surface area contributed by atoms with Gasteiger partial charge >= 0.3 is 5.97 Å². The number of carbonyl (C=O) groups is 1. The molecule has 0 aliphatic carbocycles. The van der Waals surface area contributed by atoms with Crippen molar-refractivity contribution in [2.45, 2.75) is 26.9 Å². The van der Waals surface area contributed by atoms with Crippen LogP contribution in [0.3, 0.4) is 0 Å². The Balaban J connectivity index is 2.08. The fourth-order valence-corrected chi connectivity index (χ4v) is 3.18. The fourth-order valence-electron chi connectivity index (χ4n) is 3.18. The molecule has 0 bridgehead atoms. The highest BCUT2D eigenvalue weighted by Crippen LogP contribution is 2.31. The maximum atomic E-state index is 11.2. The van der Waals surface area contributed by atoms with Crippen LogP contribution in [0.5, 0.6) is 0 Å². The Hall–Kier alpha value is -2.92. The zero-order valence-electron chi connectivity index (χ0n) is 14.4. The third kappa shape index (κ3) is 3.19. The molecule has 2 N–H and O–H groups in total. The lowest BCUT2D eigenvalue weighted by atomic mass is 9.89. The van der Waals surface area contributed by atoms with E-state index in [4.69, 9.17) is 0 Å². The van der Waals surface area contributed by atoms with Gasteiger partial charge in [0.2, 0.25) is 0 Å². The summed E-state index contributed by atoms with van der Waals surface area (Å²) in [6.45, 7) is 5.60. The van der Waals surface area contributed by atoms with Crippen molar-refractivity contribution in [2.75, 3.05) is 0 Å². The van der Waals surface area contributed by atoms with E-state index in [-0.39, 0.29) is 5.56 Å². The lowest BCUT2D eigenvalue weighted by molar-refractivity contribution is 0.0696. The quantitative estimate of drug-likeness (QED) is 0.763. The van der Waals surface area contributed by atoms with Gasteiger partial charge in [0.15, 0.2) is 0 Å². The number of hydrogen-bond donors (Lipinski definition) is 2. The number of carboxylic acids is 1. The minimum Gasteiger partial charge on any atom is -0.478 e. The van der Waals surface area contributed by atoms with Crippen molar-refractivity contribution in [2.24, 2.45) is 0 Å². The number of imidazole rings is 1. The summed E-state index contributed by atoms with van der Waals surface area (Å²) in [6, 6.07) is 9.07. The molecule has 3 aromatic rings. The Morgan fingerprint density at radius 1 is 1.08 bits per heavy atom. The average molecular weight is 336 g/mol. The molecule has 128 valence electrons. The van der Waals surface area contributed by atoms with Gasteiger partial charge in [-0.1, -0.05) is 6.07 Å². The summed E-state index contributed by atoms with van der Waals surface area (Å²) in [7, 11) is 0. The second-order valence-electron chi connectivity index (χ2n) is 6.24. The number of nitrogens with zero attached hydrogens (tertiary/aromatic N) is 2. The smallest absolute Gasteiger partial charge is 0.335 e. The predicted octanol–water partition coefficient (Wildman–Crippen LogP) is 3.58. The summed E-state index contributed by atoms with van der Waals surface area (Å²) >= 11 is 0. The fraction of sp³-hybridized carbons (Fsp3) is 0.200. The summed E-state index contributed by atoms with van der Waals surface area (Å²) in [4.78, 5) is 15.3. The standard InChI is InChI=1S/C20H20N2O3/c1-12-4-5-16(22-7-6-21-11-22)10-17(12)19(23)18-13(2)8-15(20(24)25)9-14(18)3/h4-11,19,23H,1-3H3,(H,24,25)/t19-/m0/s1. The number of aliphatic hydroxyl groups excluding tert-OH is 1. The number of rotatable bonds is 4. The van der Waals surface area contributed by atoms with E-state index >= 15 is 0 Å². The highest BCUT2D eigenvalue weighted by atomic mass is 16.4. The summed E-state index contributed by atoms with van der Waals surface area (Å²) in [5.41, 5.74) is 5.17. The molecule has 0 radical (unpaired) electrons. The van der Waals surface area contributed by atoms with Crippen molar-refractivity contribution < 1.29 is 15.0 Å². The van der Waals surface area contributed by atoms with E-state index in [0.717, 1.165) is 33.5 Å². The monoisotopic (exact) mass is 336 g/mol. The molecule has 1 heterocycles. The van der Waals surface area contributed by atoms with Crippen LogP contribution in [0.4, 0.5) is 0 Å². The summed E-state index contributed by atoms with van der Waals surface area (Å²) < 4.78 is 1.88. The number of hydrogen-bond acceptors (Lipinski definition) is 3. The Labute approximate surface area is 146 Å². The molecule has 3 rings (SSSR count). The zero-order chi connectivity index (χ0) is 18.1. The van der Waals surface area contributed by atoms with E-state index < -0.39 is 12.1 Å². The lowest BCUT2D eigenvalue weighted by Crippen LogP contribution is -2.09. The first-order chi connectivity index (χ1) is 11.9. The van der Waals surface area contributed by atoms with E-state index in [1.54, 1.807) is 24.7 Å². The SMILES string of the molecule is Cc1ccc(-n2ccnc2)cc1[C@H](O)c1c(C)cc(C(=O)O)cc1C. The van der Waals surface area contributed by atoms with Crippen molar-refractivity contribution >= 4 is 5.97 Å². The molecule has 5 nitrogen and oxygen atoms in total. The molecule has 0 saturated heterocycles. The first-order valence-electron chi connectivity index (χ1n) is 8.00. The highest BCUT2D eigenvalue weighted by molar-refractivity contribution is 5.88. The summed E-state index contributed by atoms with van der Waals surface area (Å²) in [6.07, 6.45) is 4.43. The first kappa shape index (κ1) is 16.9. The van der Waals surface area contributed by atoms with E-state index in [1.165, 1.54) is 0 Å². The number of benzene rings is 2. The Bertz CT molecular complexity index is 907. The van der Waals surface area contributed by atoms with Crippen LogP contribution in [0.25, 0.3) is 5.69 Å². The van der Waals surface area contributed by atoms with Crippen LogP contribution in [0.15, 0.2) is 49.1 Å². The lowest BCUT2D eigenvalue weighted by Gasteiger charge is -2.20. The molecule has 1 atom stereocenters. The minimum atomic E-state index is -0.967. The van der Waals surface area contributed by atoms with Gasteiger partial charge in [0, 0.05) is 18.1 Å². The predicted molar refractivity (Wildman–Crippen MR) is 95.2 cm³/mol. The molecule has 0 spiro atoms. The Morgan fingerprint density at radius 2 is 1.76 bits per heavy atom. The molecular weight excluding hydrogens is 316 g/mol. The molecule has 1 aromatic heterocycles. The maximum absolute atomic E-state index is 11.2. The van der Waals surface area contributed by atoms with E-state index in [2.05, 4.69) is 4.98 Å². The van der Waals surface area contributed by atoms with Gasteiger partial charge in [0.25, 0.3) is 0 Å². The maximum Gasteiger partial charge on any atom is 0.335 e. The van der Waals surface area contributed by atoms with Gasteiger partial charge in [-0.3, -0.25) is 0 Å². The van der Waals surface area contributed by atoms with E-state index in [1.807, 2.05) is 49.7 Å². The van der Waals surface area contributed by atoms with Gasteiger partial charge < -0.3 is 14.8 Å². The largest absolute Gasteiger partial charge is 0.478 e. The van der Waals surface area contributed by atoms with Gasteiger partial charge in [0.05, 0.1) is 11.9 Å². The van der Waals surface area contributed by atoms with Gasteiger partial charge in [-0.05, 0) is 72.9 Å². The molecule has 0 saturated carbocycles. The van der Waals surface area contributed by atoms with Crippen LogP contribution < -0.4 is 0 Å². The van der Waals surface area contributed by atoms with Crippen LogP contribution in [0, 0.1) is 20.8 Å². The molecule has 0 aliphatic heterocycles. The van der Waals surface area contributed by atoms with E-state index in [9.17, 15) is 15.0 Å². The van der Waals surface area contributed by atoms with Gasteiger partial charge in [-0.2, -0.15) is 0 Å². The van der Waals surface area contributed by atoms with Crippen molar-refractivity contribution in [1.29, 1.82) is 0 Å². The molecule has 5 heteroatoms. The van der Waals surface area contributed by atoms with Crippen molar-refractivity contribution in [3.05, 3.63) is 82.4 Å². The normalized spacial score (nSPS) is 12.2. The number of aryl methyl sites for hydroxylation is 3. The number of aromatic carboxylic acids is 1. The molecule has 0 fully saturated rings. The van der Waals surface area contributed by atoms with Crippen LogP contribution in [0.2, 0.25) is 0 Å². The van der Waals surface area contributed by atoms with Crippen LogP contribution in [-0.4, -0.2) is 25.7 Å².